The Bertz CT molecular complexity index is 1190. The van der Waals surface area contributed by atoms with Crippen molar-refractivity contribution < 1.29 is 9.15 Å². The van der Waals surface area contributed by atoms with Crippen LogP contribution >= 0.6 is 11.3 Å². The van der Waals surface area contributed by atoms with Gasteiger partial charge in [-0.3, -0.25) is 4.90 Å². The molecule has 29 heavy (non-hydrogen) atoms. The molecule has 0 unspecified atom stereocenters. The van der Waals surface area contributed by atoms with Gasteiger partial charge in [0.15, 0.2) is 0 Å². The van der Waals surface area contributed by atoms with Gasteiger partial charge in [0, 0.05) is 30.0 Å². The second kappa shape index (κ2) is 7.61. The first kappa shape index (κ1) is 18.3. The Labute approximate surface area is 172 Å². The lowest BCUT2D eigenvalue weighted by Gasteiger charge is -2.31. The molecule has 1 fully saturated rings. The van der Waals surface area contributed by atoms with E-state index in [9.17, 15) is 4.79 Å². The molecule has 0 radical (unpaired) electrons. The number of para-hydroxylation sites is 1. The van der Waals surface area contributed by atoms with Crippen LogP contribution in [0.1, 0.15) is 29.3 Å². The average molecular weight is 407 g/mol. The van der Waals surface area contributed by atoms with Gasteiger partial charge >= 0.3 is 5.63 Å². The van der Waals surface area contributed by atoms with Crippen molar-refractivity contribution in [3.05, 3.63) is 69.5 Å². The predicted molar refractivity (Wildman–Crippen MR) is 116 cm³/mol. The lowest BCUT2D eigenvalue weighted by molar-refractivity contribution is 0.205. The molecule has 0 atom stereocenters. The number of likely N-dealkylation sites (tertiary alicyclic amines) is 1. The summed E-state index contributed by atoms with van der Waals surface area (Å²) in [6.45, 7) is 2.75. The van der Waals surface area contributed by atoms with Gasteiger partial charge in [0.2, 0.25) is 0 Å². The molecule has 6 heteroatoms. The molecule has 1 aliphatic heterocycles. The molecule has 0 saturated carbocycles. The van der Waals surface area contributed by atoms with Crippen molar-refractivity contribution in [2.24, 2.45) is 0 Å². The number of rotatable bonds is 4. The molecule has 2 aromatic heterocycles. The zero-order valence-corrected chi connectivity index (χ0v) is 17.1. The van der Waals surface area contributed by atoms with Crippen molar-refractivity contribution in [1.29, 1.82) is 0 Å². The molecule has 5 nitrogen and oxygen atoms in total. The normalized spacial score (nSPS) is 15.9. The minimum absolute atomic E-state index is 0.315. The number of hydrogen-bond acceptors (Lipinski definition) is 6. The van der Waals surface area contributed by atoms with Crippen LogP contribution in [0.5, 0.6) is 5.75 Å². The summed E-state index contributed by atoms with van der Waals surface area (Å²) in [7, 11) is 1.61. The van der Waals surface area contributed by atoms with Crippen LogP contribution in [0.15, 0.2) is 57.7 Å². The molecule has 3 heterocycles. The second-order valence-corrected chi connectivity index (χ2v) is 8.59. The third-order valence-corrected chi connectivity index (χ3v) is 6.88. The molecule has 0 spiro atoms. The fraction of sp³-hybridized carbons (Fsp3) is 0.304. The third-order valence-electron chi connectivity index (χ3n) is 5.68. The van der Waals surface area contributed by atoms with Crippen LogP contribution in [0.25, 0.3) is 21.2 Å². The molecular weight excluding hydrogens is 384 g/mol. The standard InChI is InChI=1S/C23H22N2O3S/c1-27-17-6-7-18-16(12-22(26)28-20(18)13-17)14-25-10-8-15(9-11-25)23-24-19-4-2-3-5-21(19)29-23/h2-7,12-13,15H,8-11,14H2,1H3. The first-order valence-corrected chi connectivity index (χ1v) is 10.7. The maximum Gasteiger partial charge on any atom is 0.336 e. The summed E-state index contributed by atoms with van der Waals surface area (Å²) >= 11 is 1.82. The molecule has 1 saturated heterocycles. The van der Waals surface area contributed by atoms with E-state index < -0.39 is 0 Å². The molecule has 2 aromatic carbocycles. The van der Waals surface area contributed by atoms with E-state index in [1.165, 1.54) is 9.71 Å². The molecule has 148 valence electrons. The summed E-state index contributed by atoms with van der Waals surface area (Å²) in [4.78, 5) is 19.3. The summed E-state index contributed by atoms with van der Waals surface area (Å²) in [5.41, 5.74) is 2.38. The van der Waals surface area contributed by atoms with Crippen molar-refractivity contribution in [3.8, 4) is 5.75 Å². The van der Waals surface area contributed by atoms with E-state index in [-0.39, 0.29) is 5.63 Å². The second-order valence-electron chi connectivity index (χ2n) is 7.52. The largest absolute Gasteiger partial charge is 0.497 e. The van der Waals surface area contributed by atoms with Crippen LogP contribution in [0.2, 0.25) is 0 Å². The van der Waals surface area contributed by atoms with Gasteiger partial charge in [0.25, 0.3) is 0 Å². The van der Waals surface area contributed by atoms with Crippen LogP contribution in [-0.4, -0.2) is 30.1 Å². The van der Waals surface area contributed by atoms with Gasteiger partial charge in [-0.15, -0.1) is 11.3 Å². The average Bonchev–Trinajstić information content (AvgIpc) is 3.18. The zero-order valence-electron chi connectivity index (χ0n) is 16.3. The monoisotopic (exact) mass is 406 g/mol. The van der Waals surface area contributed by atoms with E-state index in [0.29, 0.717) is 17.3 Å². The Hall–Kier alpha value is -2.70. The Balaban J connectivity index is 1.32. The van der Waals surface area contributed by atoms with E-state index in [2.05, 4.69) is 23.1 Å². The Morgan fingerprint density at radius 2 is 2.00 bits per heavy atom. The molecular formula is C23H22N2O3S. The van der Waals surface area contributed by atoms with E-state index in [1.807, 2.05) is 29.5 Å². The first-order chi connectivity index (χ1) is 14.2. The number of methoxy groups -OCH3 is 1. The summed E-state index contributed by atoms with van der Waals surface area (Å²) in [5.74, 6) is 1.21. The number of hydrogen-bond donors (Lipinski definition) is 0. The van der Waals surface area contributed by atoms with Crippen LogP contribution < -0.4 is 10.4 Å². The van der Waals surface area contributed by atoms with Gasteiger partial charge < -0.3 is 9.15 Å². The number of nitrogens with zero attached hydrogens (tertiary/aromatic N) is 2. The smallest absolute Gasteiger partial charge is 0.336 e. The van der Waals surface area contributed by atoms with Gasteiger partial charge in [-0.2, -0.15) is 0 Å². The molecule has 4 aromatic rings. The first-order valence-electron chi connectivity index (χ1n) is 9.88. The zero-order chi connectivity index (χ0) is 19.8. The lowest BCUT2D eigenvalue weighted by Crippen LogP contribution is -2.32. The lowest BCUT2D eigenvalue weighted by atomic mass is 9.97. The highest BCUT2D eigenvalue weighted by molar-refractivity contribution is 7.18. The quantitative estimate of drug-likeness (QED) is 0.456. The summed E-state index contributed by atoms with van der Waals surface area (Å²) in [6, 6.07) is 15.6. The number of aromatic nitrogens is 1. The predicted octanol–water partition coefficient (Wildman–Crippen LogP) is 4.79. The Morgan fingerprint density at radius 3 is 2.79 bits per heavy atom. The molecule has 0 aliphatic carbocycles. The third kappa shape index (κ3) is 3.66. The number of benzene rings is 2. The van der Waals surface area contributed by atoms with Crippen LogP contribution in [0.4, 0.5) is 0 Å². The van der Waals surface area contributed by atoms with E-state index >= 15 is 0 Å². The van der Waals surface area contributed by atoms with Crippen LogP contribution in [-0.2, 0) is 6.54 Å². The molecule has 5 rings (SSSR count). The van der Waals surface area contributed by atoms with Gasteiger partial charge in [0.1, 0.15) is 11.3 Å². The van der Waals surface area contributed by atoms with Crippen molar-refractivity contribution >= 4 is 32.5 Å². The van der Waals surface area contributed by atoms with Crippen molar-refractivity contribution in [2.45, 2.75) is 25.3 Å². The number of thiazole rings is 1. The summed E-state index contributed by atoms with van der Waals surface area (Å²) in [6.07, 6.45) is 2.18. The molecule has 0 N–H and O–H groups in total. The number of fused-ring (bicyclic) bond motifs is 2. The van der Waals surface area contributed by atoms with Crippen molar-refractivity contribution in [3.63, 3.8) is 0 Å². The molecule has 0 amide bonds. The molecule has 1 aliphatic rings. The Kier molecular flexibility index (Phi) is 4.81. The van der Waals surface area contributed by atoms with Gasteiger partial charge in [0.05, 0.1) is 22.3 Å². The van der Waals surface area contributed by atoms with E-state index in [1.54, 1.807) is 19.2 Å². The molecule has 0 bridgehead atoms. The number of ether oxygens (including phenoxy) is 1. The minimum Gasteiger partial charge on any atom is -0.497 e. The van der Waals surface area contributed by atoms with Gasteiger partial charge in [-0.25, -0.2) is 9.78 Å². The van der Waals surface area contributed by atoms with Crippen molar-refractivity contribution in [2.75, 3.05) is 20.2 Å². The highest BCUT2D eigenvalue weighted by Gasteiger charge is 2.24. The van der Waals surface area contributed by atoms with Gasteiger partial charge in [-0.1, -0.05) is 12.1 Å². The fourth-order valence-corrected chi connectivity index (χ4v) is 5.25. The Morgan fingerprint density at radius 1 is 1.17 bits per heavy atom. The topological polar surface area (TPSA) is 55.6 Å². The summed E-state index contributed by atoms with van der Waals surface area (Å²) in [5, 5.41) is 2.22. The fourth-order valence-electron chi connectivity index (χ4n) is 4.11. The highest BCUT2D eigenvalue weighted by Crippen LogP contribution is 2.34. The maximum atomic E-state index is 12.0. The number of piperidine rings is 1. The van der Waals surface area contributed by atoms with Crippen LogP contribution in [0, 0.1) is 0 Å². The maximum absolute atomic E-state index is 12.0. The van der Waals surface area contributed by atoms with E-state index in [0.717, 1.165) is 48.9 Å². The SMILES string of the molecule is COc1ccc2c(CN3CCC(c4nc5ccccc5s4)CC3)cc(=O)oc2c1. The van der Waals surface area contributed by atoms with Crippen molar-refractivity contribution in [1.82, 2.24) is 9.88 Å². The van der Waals surface area contributed by atoms with Crippen LogP contribution in [0.3, 0.4) is 0 Å². The van der Waals surface area contributed by atoms with E-state index in [4.69, 9.17) is 14.1 Å². The minimum atomic E-state index is -0.315. The summed E-state index contributed by atoms with van der Waals surface area (Å²) < 4.78 is 11.9. The van der Waals surface area contributed by atoms with Gasteiger partial charge in [-0.05, 0) is 55.8 Å². The highest BCUT2D eigenvalue weighted by atomic mass is 32.1.